The van der Waals surface area contributed by atoms with Gasteiger partial charge in [-0.25, -0.2) is 0 Å². The minimum atomic E-state index is -0.499. The lowest BCUT2D eigenvalue weighted by Gasteiger charge is -2.34. The summed E-state index contributed by atoms with van der Waals surface area (Å²) in [6.45, 7) is -0.180. The average molecular weight is 350 g/mol. The van der Waals surface area contributed by atoms with Crippen molar-refractivity contribution in [3.05, 3.63) is 12.2 Å². The van der Waals surface area contributed by atoms with Crippen molar-refractivity contribution in [2.45, 2.75) is 82.1 Å². The normalized spacial score (nSPS) is 30.5. The van der Waals surface area contributed by atoms with Crippen LogP contribution in [0.15, 0.2) is 12.2 Å². The zero-order valence-corrected chi connectivity index (χ0v) is 14.8. The van der Waals surface area contributed by atoms with Crippen molar-refractivity contribution < 1.29 is 19.4 Å². The number of carbonyl (C=O) groups is 2. The van der Waals surface area contributed by atoms with Gasteiger partial charge >= 0.3 is 0 Å². The summed E-state index contributed by atoms with van der Waals surface area (Å²) < 4.78 is 5.83. The Morgan fingerprint density at radius 1 is 1.00 bits per heavy atom. The predicted octanol–water partition coefficient (Wildman–Crippen LogP) is 1.43. The van der Waals surface area contributed by atoms with Crippen molar-refractivity contribution in [1.29, 1.82) is 0 Å². The van der Waals surface area contributed by atoms with Crippen LogP contribution in [0.5, 0.6) is 0 Å². The van der Waals surface area contributed by atoms with Gasteiger partial charge in [-0.15, -0.1) is 0 Å². The fourth-order valence-electron chi connectivity index (χ4n) is 3.80. The van der Waals surface area contributed by atoms with Crippen LogP contribution in [0.2, 0.25) is 0 Å². The van der Waals surface area contributed by atoms with Gasteiger partial charge in [-0.2, -0.15) is 0 Å². The third-order valence-corrected chi connectivity index (χ3v) is 5.60. The molecule has 0 radical (unpaired) electrons. The number of hydrogen-bond donors (Lipinski definition) is 3. The Kier molecular flexibility index (Phi) is 6.48. The molecule has 1 aliphatic heterocycles. The van der Waals surface area contributed by atoms with E-state index in [1.165, 1.54) is 19.3 Å². The van der Waals surface area contributed by atoms with E-state index in [4.69, 9.17) is 4.74 Å². The predicted molar refractivity (Wildman–Crippen MR) is 93.8 cm³/mol. The molecule has 0 aromatic carbocycles. The number of aliphatic hydroxyl groups excluding tert-OH is 1. The molecule has 2 amide bonds. The molecule has 140 valence electrons. The van der Waals surface area contributed by atoms with E-state index in [0.29, 0.717) is 0 Å². The Balaban J connectivity index is 1.47. The molecule has 3 aliphatic rings. The van der Waals surface area contributed by atoms with Gasteiger partial charge in [-0.05, 0) is 25.7 Å². The lowest BCUT2D eigenvalue weighted by molar-refractivity contribution is -0.132. The van der Waals surface area contributed by atoms with E-state index in [1.807, 2.05) is 12.2 Å². The SMILES string of the molecule is O=C(C[C@@H]1C=C[C@@H](NC(=O)C2CCC2)[C@H](CO)O1)NC1CCCCC1. The van der Waals surface area contributed by atoms with Crippen molar-refractivity contribution in [3.63, 3.8) is 0 Å². The zero-order chi connectivity index (χ0) is 17.6. The van der Waals surface area contributed by atoms with Crippen LogP contribution in [-0.2, 0) is 14.3 Å². The molecule has 25 heavy (non-hydrogen) atoms. The van der Waals surface area contributed by atoms with E-state index >= 15 is 0 Å². The Morgan fingerprint density at radius 2 is 1.76 bits per heavy atom. The molecule has 0 spiro atoms. The number of aliphatic hydroxyl groups is 1. The first kappa shape index (κ1) is 18.4. The first-order valence-corrected chi connectivity index (χ1v) is 9.70. The number of nitrogens with one attached hydrogen (secondary N) is 2. The van der Waals surface area contributed by atoms with Crippen molar-refractivity contribution in [3.8, 4) is 0 Å². The number of hydrogen-bond acceptors (Lipinski definition) is 4. The molecular formula is C19H30N2O4. The Labute approximate surface area is 149 Å². The maximum Gasteiger partial charge on any atom is 0.223 e. The highest BCUT2D eigenvalue weighted by Crippen LogP contribution is 2.27. The quantitative estimate of drug-likeness (QED) is 0.632. The highest BCUT2D eigenvalue weighted by Gasteiger charge is 2.32. The van der Waals surface area contributed by atoms with E-state index < -0.39 is 6.10 Å². The smallest absolute Gasteiger partial charge is 0.223 e. The van der Waals surface area contributed by atoms with E-state index in [-0.39, 0.29) is 48.9 Å². The van der Waals surface area contributed by atoms with Crippen molar-refractivity contribution in [2.75, 3.05) is 6.61 Å². The van der Waals surface area contributed by atoms with Crippen LogP contribution < -0.4 is 10.6 Å². The van der Waals surface area contributed by atoms with Gasteiger partial charge < -0.3 is 20.5 Å². The minimum Gasteiger partial charge on any atom is -0.394 e. The van der Waals surface area contributed by atoms with Crippen LogP contribution in [0.3, 0.4) is 0 Å². The molecule has 0 aromatic rings. The largest absolute Gasteiger partial charge is 0.394 e. The lowest BCUT2D eigenvalue weighted by Crippen LogP contribution is -2.51. The number of rotatable bonds is 6. The molecule has 3 N–H and O–H groups in total. The molecule has 0 bridgehead atoms. The van der Waals surface area contributed by atoms with Gasteiger partial charge in [0.15, 0.2) is 0 Å². The van der Waals surface area contributed by atoms with Gasteiger partial charge in [0.25, 0.3) is 0 Å². The van der Waals surface area contributed by atoms with Crippen LogP contribution in [0.1, 0.15) is 57.8 Å². The topological polar surface area (TPSA) is 87.7 Å². The van der Waals surface area contributed by atoms with Crippen LogP contribution in [0.25, 0.3) is 0 Å². The van der Waals surface area contributed by atoms with Gasteiger partial charge in [0.2, 0.25) is 11.8 Å². The summed E-state index contributed by atoms with van der Waals surface area (Å²) in [5.41, 5.74) is 0. The first-order chi connectivity index (χ1) is 12.2. The molecule has 3 atom stereocenters. The van der Waals surface area contributed by atoms with E-state index in [2.05, 4.69) is 10.6 Å². The van der Waals surface area contributed by atoms with Crippen LogP contribution in [-0.4, -0.2) is 47.8 Å². The van der Waals surface area contributed by atoms with Gasteiger partial charge in [0.1, 0.15) is 6.10 Å². The molecule has 6 heteroatoms. The van der Waals surface area contributed by atoms with Crippen LogP contribution in [0.4, 0.5) is 0 Å². The summed E-state index contributed by atoms with van der Waals surface area (Å²) in [6, 6.07) is -0.0345. The fourth-order valence-corrected chi connectivity index (χ4v) is 3.80. The fraction of sp³-hybridized carbons (Fsp3) is 0.789. The first-order valence-electron chi connectivity index (χ1n) is 9.70. The molecule has 6 nitrogen and oxygen atoms in total. The number of carbonyl (C=O) groups excluding carboxylic acids is 2. The van der Waals surface area contributed by atoms with E-state index in [1.54, 1.807) is 0 Å². The summed E-state index contributed by atoms with van der Waals surface area (Å²) in [5, 5.41) is 15.6. The van der Waals surface area contributed by atoms with Crippen molar-refractivity contribution >= 4 is 11.8 Å². The third kappa shape index (κ3) is 5.05. The van der Waals surface area contributed by atoms with Gasteiger partial charge in [-0.1, -0.05) is 37.8 Å². The van der Waals surface area contributed by atoms with E-state index in [9.17, 15) is 14.7 Å². The molecule has 0 saturated heterocycles. The highest BCUT2D eigenvalue weighted by molar-refractivity contribution is 5.80. The molecule has 0 unspecified atom stereocenters. The molecule has 1 heterocycles. The molecular weight excluding hydrogens is 320 g/mol. The summed E-state index contributed by atoms with van der Waals surface area (Å²) in [4.78, 5) is 24.3. The molecule has 2 aliphatic carbocycles. The van der Waals surface area contributed by atoms with Gasteiger partial charge in [0, 0.05) is 12.0 Å². The van der Waals surface area contributed by atoms with Crippen LogP contribution in [0, 0.1) is 5.92 Å². The summed E-state index contributed by atoms with van der Waals surface area (Å²) in [5.74, 6) is 0.137. The van der Waals surface area contributed by atoms with Crippen LogP contribution >= 0.6 is 0 Å². The maximum atomic E-state index is 12.2. The number of amides is 2. The van der Waals surface area contributed by atoms with E-state index in [0.717, 1.165) is 32.1 Å². The lowest BCUT2D eigenvalue weighted by atomic mass is 9.84. The molecule has 2 fully saturated rings. The summed E-state index contributed by atoms with van der Waals surface area (Å²) >= 11 is 0. The second-order valence-corrected chi connectivity index (χ2v) is 7.55. The van der Waals surface area contributed by atoms with Crippen molar-refractivity contribution in [2.24, 2.45) is 5.92 Å². The summed E-state index contributed by atoms with van der Waals surface area (Å²) in [7, 11) is 0. The summed E-state index contributed by atoms with van der Waals surface area (Å²) in [6.07, 6.45) is 11.8. The Bertz CT molecular complexity index is 498. The Morgan fingerprint density at radius 3 is 2.40 bits per heavy atom. The monoisotopic (exact) mass is 350 g/mol. The second kappa shape index (κ2) is 8.81. The van der Waals surface area contributed by atoms with Gasteiger partial charge in [-0.3, -0.25) is 9.59 Å². The maximum absolute atomic E-state index is 12.2. The third-order valence-electron chi connectivity index (χ3n) is 5.60. The molecule has 3 rings (SSSR count). The standard InChI is InChI=1S/C19H30N2O4/c22-12-17-16(21-19(24)13-5-4-6-13)10-9-15(25-17)11-18(23)20-14-7-2-1-3-8-14/h9-10,13-17,22H,1-8,11-12H2,(H,20,23)(H,21,24)/t15-,16+,17-/m0/s1. The van der Waals surface area contributed by atoms with Gasteiger partial charge in [0.05, 0.1) is 25.2 Å². The minimum absolute atomic E-state index is 0.00445. The Hall–Kier alpha value is -1.40. The highest BCUT2D eigenvalue weighted by atomic mass is 16.5. The molecule has 2 saturated carbocycles. The second-order valence-electron chi connectivity index (χ2n) is 7.55. The number of ether oxygens (including phenoxy) is 1. The van der Waals surface area contributed by atoms with Crippen molar-refractivity contribution in [1.82, 2.24) is 10.6 Å². The molecule has 0 aromatic heterocycles. The zero-order valence-electron chi connectivity index (χ0n) is 14.8. The average Bonchev–Trinajstić information content (AvgIpc) is 2.55.